The van der Waals surface area contributed by atoms with E-state index in [0.29, 0.717) is 0 Å². The van der Waals surface area contributed by atoms with Crippen LogP contribution in [-0.2, 0) is 9.47 Å². The van der Waals surface area contributed by atoms with Gasteiger partial charge in [0.1, 0.15) is 0 Å². The van der Waals surface area contributed by atoms with Crippen LogP contribution in [0.4, 0.5) is 0 Å². The zero-order valence-corrected chi connectivity index (χ0v) is 20.5. The quantitative estimate of drug-likeness (QED) is 0.414. The molecule has 2 aliphatic rings. The Hall–Kier alpha value is -0.481. The summed E-state index contributed by atoms with van der Waals surface area (Å²) in [5.74, 6) is 0.310. The molecule has 0 aromatic rings. The van der Waals surface area contributed by atoms with E-state index in [1.807, 2.05) is 0 Å². The van der Waals surface area contributed by atoms with Gasteiger partial charge in [-0.25, -0.2) is 0 Å². The molecule has 1 unspecified atom stereocenters. The van der Waals surface area contributed by atoms with Crippen LogP contribution in [0.2, 0.25) is 0 Å². The molecular formula is C22H34O2Sn. The molecule has 1 atom stereocenters. The van der Waals surface area contributed by atoms with Crippen LogP contribution in [0, 0.1) is 10.8 Å². The number of hydrogen-bond donors (Lipinski definition) is 0. The van der Waals surface area contributed by atoms with Crippen LogP contribution in [0.1, 0.15) is 68.2 Å². The molecule has 2 rings (SSSR count). The van der Waals surface area contributed by atoms with Gasteiger partial charge in [-0.15, -0.1) is 0 Å². The van der Waals surface area contributed by atoms with Gasteiger partial charge in [0, 0.05) is 0 Å². The molecule has 2 radical (unpaired) electrons. The van der Waals surface area contributed by atoms with E-state index in [-0.39, 0.29) is 16.9 Å². The van der Waals surface area contributed by atoms with Crippen LogP contribution in [0.5, 0.6) is 0 Å². The summed E-state index contributed by atoms with van der Waals surface area (Å²) in [5.41, 5.74) is 2.69. The molecule has 0 aromatic carbocycles. The van der Waals surface area contributed by atoms with E-state index in [0.717, 1.165) is 41.1 Å². The summed E-state index contributed by atoms with van der Waals surface area (Å²) >= 11 is 1.10. The monoisotopic (exact) mass is 450 g/mol. The summed E-state index contributed by atoms with van der Waals surface area (Å²) in [6.07, 6.45) is 10.8. The Morgan fingerprint density at radius 2 is 1.72 bits per heavy atom. The third-order valence-corrected chi connectivity index (χ3v) is 6.08. The van der Waals surface area contributed by atoms with Gasteiger partial charge in [-0.05, 0) is 0 Å². The average molecular weight is 449 g/mol. The van der Waals surface area contributed by atoms with Crippen molar-refractivity contribution in [3.8, 4) is 0 Å². The summed E-state index contributed by atoms with van der Waals surface area (Å²) in [6, 6.07) is 0. The van der Waals surface area contributed by atoms with Crippen molar-refractivity contribution in [3.63, 3.8) is 0 Å². The predicted molar refractivity (Wildman–Crippen MR) is 108 cm³/mol. The molecule has 0 saturated heterocycles. The molecule has 0 aromatic heterocycles. The van der Waals surface area contributed by atoms with Crippen LogP contribution >= 0.6 is 0 Å². The van der Waals surface area contributed by atoms with Gasteiger partial charge in [0.15, 0.2) is 0 Å². The fraction of sp³-hybridized carbons (Fsp3) is 0.636. The van der Waals surface area contributed by atoms with Crippen molar-refractivity contribution in [2.24, 2.45) is 10.8 Å². The normalized spacial score (nSPS) is 24.7. The Kier molecular flexibility index (Phi) is 6.05. The van der Waals surface area contributed by atoms with Crippen molar-refractivity contribution >= 4 is 22.5 Å². The van der Waals surface area contributed by atoms with Crippen LogP contribution in [-0.4, -0.2) is 34.4 Å². The van der Waals surface area contributed by atoms with Gasteiger partial charge in [-0.1, -0.05) is 0 Å². The fourth-order valence-electron chi connectivity index (χ4n) is 3.38. The van der Waals surface area contributed by atoms with Gasteiger partial charge < -0.3 is 0 Å². The molecule has 0 aliphatic heterocycles. The molecule has 0 amide bonds. The Bertz CT molecular complexity index is 636. The third-order valence-electron chi connectivity index (χ3n) is 4.60. The van der Waals surface area contributed by atoms with E-state index in [2.05, 4.69) is 79.7 Å². The first kappa shape index (κ1) is 20.8. The first-order valence-corrected chi connectivity index (χ1v) is 11.0. The van der Waals surface area contributed by atoms with E-state index in [1.54, 1.807) is 0 Å². The van der Waals surface area contributed by atoms with E-state index in [4.69, 9.17) is 9.47 Å². The second-order valence-corrected chi connectivity index (χ2v) is 11.4. The third kappa shape index (κ3) is 4.82. The number of hydrogen-bond acceptors (Lipinski definition) is 2. The van der Waals surface area contributed by atoms with Crippen LogP contribution in [0.25, 0.3) is 0 Å². The SMILES string of the molecule is CC(C)OC1(OC2=[C]([SnH])CC=C2)CC=C(C(C)(C)C)C=C1C(C)(C)C. The first-order valence-electron chi connectivity index (χ1n) is 9.30. The van der Waals surface area contributed by atoms with E-state index >= 15 is 0 Å². The summed E-state index contributed by atoms with van der Waals surface area (Å²) < 4.78 is 14.6. The Labute approximate surface area is 167 Å². The van der Waals surface area contributed by atoms with Crippen LogP contribution < -0.4 is 0 Å². The molecule has 0 bridgehead atoms. The minimum atomic E-state index is -0.709. The van der Waals surface area contributed by atoms with Crippen molar-refractivity contribution < 1.29 is 9.47 Å². The maximum atomic E-state index is 6.65. The molecule has 2 nitrogen and oxygen atoms in total. The van der Waals surface area contributed by atoms with E-state index < -0.39 is 5.79 Å². The van der Waals surface area contributed by atoms with Crippen molar-refractivity contribution in [3.05, 3.63) is 44.8 Å². The summed E-state index contributed by atoms with van der Waals surface area (Å²) in [4.78, 5) is 0. The Balaban J connectivity index is 2.54. The van der Waals surface area contributed by atoms with Crippen molar-refractivity contribution in [2.75, 3.05) is 0 Å². The van der Waals surface area contributed by atoms with Gasteiger partial charge in [0.2, 0.25) is 0 Å². The second kappa shape index (κ2) is 7.26. The van der Waals surface area contributed by atoms with Crippen molar-refractivity contribution in [2.45, 2.75) is 80.1 Å². The molecule has 0 N–H and O–H groups in total. The van der Waals surface area contributed by atoms with Crippen LogP contribution in [0.15, 0.2) is 44.8 Å². The van der Waals surface area contributed by atoms with Gasteiger partial charge in [0.25, 0.3) is 0 Å². The zero-order chi connectivity index (χ0) is 19.0. The second-order valence-electron chi connectivity index (χ2n) is 9.44. The van der Waals surface area contributed by atoms with Gasteiger partial charge in [-0.2, -0.15) is 0 Å². The fourth-order valence-corrected chi connectivity index (χ4v) is 4.21. The molecule has 0 heterocycles. The van der Waals surface area contributed by atoms with Crippen LogP contribution in [0.3, 0.4) is 0 Å². The molecule has 0 fully saturated rings. The molecule has 0 saturated carbocycles. The molecule has 3 heteroatoms. The summed E-state index contributed by atoms with van der Waals surface area (Å²) in [5, 5.41) is 0. The van der Waals surface area contributed by atoms with Gasteiger partial charge in [-0.3, -0.25) is 0 Å². The molecule has 2 aliphatic carbocycles. The first-order chi connectivity index (χ1) is 11.3. The van der Waals surface area contributed by atoms with Crippen molar-refractivity contribution in [1.29, 1.82) is 0 Å². The minimum absolute atomic E-state index is 0.0346. The topological polar surface area (TPSA) is 18.5 Å². The predicted octanol–water partition coefficient (Wildman–Crippen LogP) is 5.55. The maximum absolute atomic E-state index is 6.65. The average Bonchev–Trinajstić information content (AvgIpc) is 2.81. The van der Waals surface area contributed by atoms with E-state index in [1.165, 1.54) is 14.7 Å². The number of rotatable bonds is 4. The standard InChI is InChI=1S/C22H33O2.Sn.H/c1-16(2)23-22(24-18-11-9-10-12-18)14-13-17(20(3,4)5)15-19(22)21(6,7)8;;/h9,11,13,15-16H,10,14H2,1-8H3;;. The molecule has 25 heavy (non-hydrogen) atoms. The van der Waals surface area contributed by atoms with Gasteiger partial charge >= 0.3 is 168 Å². The molecule has 0 spiro atoms. The molecular weight excluding hydrogens is 415 g/mol. The number of allylic oxidation sites excluding steroid dienone is 5. The van der Waals surface area contributed by atoms with Gasteiger partial charge in [0.05, 0.1) is 0 Å². The number of ether oxygens (including phenoxy) is 2. The van der Waals surface area contributed by atoms with E-state index in [9.17, 15) is 0 Å². The van der Waals surface area contributed by atoms with Crippen molar-refractivity contribution in [1.82, 2.24) is 0 Å². The molecule has 138 valence electrons. The Morgan fingerprint density at radius 3 is 2.16 bits per heavy atom. The Morgan fingerprint density at radius 1 is 1.08 bits per heavy atom. The summed E-state index contributed by atoms with van der Waals surface area (Å²) in [6.45, 7) is 17.8. The zero-order valence-electron chi connectivity index (χ0n) is 17.2. The summed E-state index contributed by atoms with van der Waals surface area (Å²) in [7, 11) is 0.